The average Bonchev–Trinajstić information content (AvgIpc) is 1.79. The predicted molar refractivity (Wildman–Crippen MR) is 38.2 cm³/mol. The molecule has 9 heavy (non-hydrogen) atoms. The minimum absolute atomic E-state index is 0.0417. The van der Waals surface area contributed by atoms with E-state index in [0.29, 0.717) is 11.3 Å². The molecule has 0 heterocycles. The molecular formula is C8H16O. The Morgan fingerprint density at radius 3 is 2.00 bits per heavy atom. The van der Waals surface area contributed by atoms with Crippen LogP contribution >= 0.6 is 0 Å². The van der Waals surface area contributed by atoms with Crippen molar-refractivity contribution in [2.24, 2.45) is 11.3 Å². The Bertz CT molecular complexity index is 95.1. The Labute approximate surface area is 57.1 Å². The Morgan fingerprint density at radius 2 is 1.89 bits per heavy atom. The first-order valence-electron chi connectivity index (χ1n) is 3.69. The first kappa shape index (κ1) is 7.07. The van der Waals surface area contributed by atoms with Crippen LogP contribution in [0.15, 0.2) is 0 Å². The molecule has 0 spiro atoms. The SMILES string of the molecule is CC1CC(C)(C)CC1O. The monoisotopic (exact) mass is 128 g/mol. The van der Waals surface area contributed by atoms with Crippen molar-refractivity contribution in [3.63, 3.8) is 0 Å². The highest BCUT2D eigenvalue weighted by atomic mass is 16.3. The van der Waals surface area contributed by atoms with Gasteiger partial charge < -0.3 is 5.11 Å². The van der Waals surface area contributed by atoms with E-state index in [4.69, 9.17) is 0 Å². The molecule has 0 amide bonds. The van der Waals surface area contributed by atoms with Gasteiger partial charge in [0.25, 0.3) is 0 Å². The van der Waals surface area contributed by atoms with E-state index < -0.39 is 0 Å². The van der Waals surface area contributed by atoms with E-state index in [-0.39, 0.29) is 6.10 Å². The summed E-state index contributed by atoms with van der Waals surface area (Å²) in [5, 5.41) is 9.33. The van der Waals surface area contributed by atoms with Gasteiger partial charge >= 0.3 is 0 Å². The van der Waals surface area contributed by atoms with Crippen molar-refractivity contribution in [1.29, 1.82) is 0 Å². The molecule has 1 heteroatoms. The van der Waals surface area contributed by atoms with E-state index >= 15 is 0 Å². The second-order valence-corrected chi connectivity index (χ2v) is 4.12. The first-order chi connectivity index (χ1) is 4.01. The van der Waals surface area contributed by atoms with Crippen molar-refractivity contribution in [1.82, 2.24) is 0 Å². The maximum Gasteiger partial charge on any atom is 0.0571 e. The van der Waals surface area contributed by atoms with Crippen LogP contribution in [-0.2, 0) is 0 Å². The van der Waals surface area contributed by atoms with Crippen molar-refractivity contribution < 1.29 is 5.11 Å². The fraction of sp³-hybridized carbons (Fsp3) is 1.00. The maximum absolute atomic E-state index is 9.33. The highest BCUT2D eigenvalue weighted by molar-refractivity contribution is 4.86. The minimum atomic E-state index is -0.0417. The summed E-state index contributed by atoms with van der Waals surface area (Å²) in [7, 11) is 0. The van der Waals surface area contributed by atoms with Crippen molar-refractivity contribution in [2.45, 2.75) is 39.7 Å². The molecule has 1 nitrogen and oxygen atoms in total. The molecule has 1 saturated carbocycles. The van der Waals surface area contributed by atoms with Crippen LogP contribution in [0.1, 0.15) is 33.6 Å². The number of rotatable bonds is 0. The molecule has 2 atom stereocenters. The molecule has 1 rings (SSSR count). The summed E-state index contributed by atoms with van der Waals surface area (Å²) in [6, 6.07) is 0. The van der Waals surface area contributed by atoms with Gasteiger partial charge in [-0.3, -0.25) is 0 Å². The summed E-state index contributed by atoms with van der Waals surface area (Å²) in [5.41, 5.74) is 0.388. The predicted octanol–water partition coefficient (Wildman–Crippen LogP) is 1.80. The molecule has 0 saturated heterocycles. The molecule has 1 N–H and O–H groups in total. The van der Waals surface area contributed by atoms with Crippen LogP contribution in [0.5, 0.6) is 0 Å². The molecule has 0 radical (unpaired) electrons. The molecule has 54 valence electrons. The Morgan fingerprint density at radius 1 is 1.33 bits per heavy atom. The number of hydrogen-bond acceptors (Lipinski definition) is 1. The number of aliphatic hydroxyl groups is 1. The molecule has 0 aliphatic heterocycles. The van der Waals surface area contributed by atoms with E-state index in [1.165, 1.54) is 6.42 Å². The van der Waals surface area contributed by atoms with Gasteiger partial charge in [0.05, 0.1) is 6.10 Å². The number of hydrogen-bond donors (Lipinski definition) is 1. The lowest BCUT2D eigenvalue weighted by Gasteiger charge is -2.14. The normalized spacial score (nSPS) is 41.3. The molecule has 0 aromatic heterocycles. The maximum atomic E-state index is 9.33. The average molecular weight is 128 g/mol. The van der Waals surface area contributed by atoms with Gasteiger partial charge in [0, 0.05) is 0 Å². The highest BCUT2D eigenvalue weighted by Gasteiger charge is 2.35. The van der Waals surface area contributed by atoms with Crippen LogP contribution in [-0.4, -0.2) is 11.2 Å². The lowest BCUT2D eigenvalue weighted by atomic mass is 9.91. The Hall–Kier alpha value is -0.0400. The third kappa shape index (κ3) is 1.45. The smallest absolute Gasteiger partial charge is 0.0571 e. The van der Waals surface area contributed by atoms with Gasteiger partial charge in [-0.25, -0.2) is 0 Å². The first-order valence-corrected chi connectivity index (χ1v) is 3.69. The second kappa shape index (κ2) is 1.98. The van der Waals surface area contributed by atoms with E-state index in [9.17, 15) is 5.11 Å². The van der Waals surface area contributed by atoms with E-state index in [0.717, 1.165) is 6.42 Å². The lowest BCUT2D eigenvalue weighted by molar-refractivity contribution is 0.135. The van der Waals surface area contributed by atoms with Crippen LogP contribution < -0.4 is 0 Å². The Kier molecular flexibility index (Phi) is 1.55. The largest absolute Gasteiger partial charge is 0.393 e. The van der Waals surface area contributed by atoms with Gasteiger partial charge in [0.1, 0.15) is 0 Å². The lowest BCUT2D eigenvalue weighted by Crippen LogP contribution is -2.09. The summed E-state index contributed by atoms with van der Waals surface area (Å²) in [6.45, 7) is 6.57. The number of aliphatic hydroxyl groups excluding tert-OH is 1. The summed E-state index contributed by atoms with van der Waals surface area (Å²) in [4.78, 5) is 0. The van der Waals surface area contributed by atoms with Crippen molar-refractivity contribution in [3.8, 4) is 0 Å². The van der Waals surface area contributed by atoms with Crippen LogP contribution in [0.25, 0.3) is 0 Å². The van der Waals surface area contributed by atoms with Gasteiger partial charge in [-0.15, -0.1) is 0 Å². The van der Waals surface area contributed by atoms with Gasteiger partial charge in [-0.05, 0) is 24.2 Å². The fourth-order valence-electron chi connectivity index (χ4n) is 1.86. The Balaban J connectivity index is 2.54. The summed E-state index contributed by atoms with van der Waals surface area (Å²) < 4.78 is 0. The van der Waals surface area contributed by atoms with Gasteiger partial charge in [0.2, 0.25) is 0 Å². The third-order valence-corrected chi connectivity index (χ3v) is 2.29. The summed E-state index contributed by atoms with van der Waals surface area (Å²) in [6.07, 6.45) is 2.11. The van der Waals surface area contributed by atoms with Crippen molar-refractivity contribution >= 4 is 0 Å². The van der Waals surface area contributed by atoms with Crippen molar-refractivity contribution in [2.75, 3.05) is 0 Å². The molecule has 0 bridgehead atoms. The third-order valence-electron chi connectivity index (χ3n) is 2.29. The molecule has 0 aromatic carbocycles. The standard InChI is InChI=1S/C8H16O/c1-6-4-8(2,3)5-7(6)9/h6-7,9H,4-5H2,1-3H3. The molecule has 1 aliphatic carbocycles. The van der Waals surface area contributed by atoms with Crippen molar-refractivity contribution in [3.05, 3.63) is 0 Å². The van der Waals surface area contributed by atoms with Gasteiger partial charge in [-0.1, -0.05) is 20.8 Å². The summed E-state index contributed by atoms with van der Waals surface area (Å²) >= 11 is 0. The van der Waals surface area contributed by atoms with Crippen LogP contribution in [0, 0.1) is 11.3 Å². The van der Waals surface area contributed by atoms with Gasteiger partial charge in [-0.2, -0.15) is 0 Å². The zero-order valence-corrected chi connectivity index (χ0v) is 6.52. The molecule has 0 aromatic rings. The quantitative estimate of drug-likeness (QED) is 0.527. The second-order valence-electron chi connectivity index (χ2n) is 4.12. The van der Waals surface area contributed by atoms with E-state index in [2.05, 4.69) is 20.8 Å². The molecular weight excluding hydrogens is 112 g/mol. The van der Waals surface area contributed by atoms with Crippen LogP contribution in [0.2, 0.25) is 0 Å². The van der Waals surface area contributed by atoms with E-state index in [1.807, 2.05) is 0 Å². The van der Waals surface area contributed by atoms with Gasteiger partial charge in [0.15, 0.2) is 0 Å². The molecule has 1 fully saturated rings. The zero-order chi connectivity index (χ0) is 7.07. The van der Waals surface area contributed by atoms with Crippen LogP contribution in [0.4, 0.5) is 0 Å². The van der Waals surface area contributed by atoms with Crippen LogP contribution in [0.3, 0.4) is 0 Å². The zero-order valence-electron chi connectivity index (χ0n) is 6.52. The topological polar surface area (TPSA) is 20.2 Å². The highest BCUT2D eigenvalue weighted by Crippen LogP contribution is 2.40. The minimum Gasteiger partial charge on any atom is -0.393 e. The molecule has 1 aliphatic rings. The summed E-state index contributed by atoms with van der Waals surface area (Å²) in [5.74, 6) is 0.514. The molecule has 2 unspecified atom stereocenters. The fourth-order valence-corrected chi connectivity index (χ4v) is 1.86. The van der Waals surface area contributed by atoms with E-state index in [1.54, 1.807) is 0 Å².